The third-order valence-electron chi connectivity index (χ3n) is 3.19. The van der Waals surface area contributed by atoms with Gasteiger partial charge in [0.15, 0.2) is 0 Å². The summed E-state index contributed by atoms with van der Waals surface area (Å²) in [6.45, 7) is 4.05. The van der Waals surface area contributed by atoms with Gasteiger partial charge in [0.2, 0.25) is 19.1 Å². The summed E-state index contributed by atoms with van der Waals surface area (Å²) in [7, 11) is -1.80. The predicted molar refractivity (Wildman–Crippen MR) is 99.7 cm³/mol. The molecule has 1 N–H and O–H groups in total. The summed E-state index contributed by atoms with van der Waals surface area (Å²) < 4.78 is 50.5. The van der Waals surface area contributed by atoms with Crippen LogP contribution in [0.4, 0.5) is 0 Å². The van der Waals surface area contributed by atoms with Crippen molar-refractivity contribution in [3.05, 3.63) is 27.7 Å². The minimum atomic E-state index is -3.19. The Morgan fingerprint density at radius 2 is 1.54 bits per heavy atom. The molecule has 1 fully saturated rings. The molecule has 0 amide bonds. The molecule has 0 radical (unpaired) electrons. The first-order valence-corrected chi connectivity index (χ1v) is 12.4. The second-order valence-electron chi connectivity index (χ2n) is 5.85. The number of ether oxygens (including phenoxy) is 1. The molecule has 138 valence electrons. The Balaban J connectivity index is 0.000000505. The monoisotopic (exact) mass is 461 g/mol. The number of sulfonamides is 1. The Bertz CT molecular complexity index is 758. The molecule has 0 unspecified atom stereocenters. The topological polar surface area (TPSA) is 89.5 Å². The molecule has 0 aliphatic heterocycles. The Morgan fingerprint density at radius 1 is 1.12 bits per heavy atom. The van der Waals surface area contributed by atoms with E-state index in [-0.39, 0.29) is 12.1 Å². The molecule has 0 heterocycles. The maximum Gasteiger partial charge on any atom is 0.229 e. The maximum atomic E-state index is 11.1. The van der Waals surface area contributed by atoms with Crippen LogP contribution in [0.1, 0.15) is 24.0 Å². The van der Waals surface area contributed by atoms with E-state index >= 15 is 0 Å². The van der Waals surface area contributed by atoms with Crippen molar-refractivity contribution in [1.82, 2.24) is 4.72 Å². The molecule has 2 rings (SSSR count). The minimum absolute atomic E-state index is 0.0117. The average molecular weight is 463 g/mol. The zero-order chi connectivity index (χ0) is 18.7. The van der Waals surface area contributed by atoms with Crippen LogP contribution in [0.15, 0.2) is 16.6 Å². The molecule has 0 atom stereocenters. The lowest BCUT2D eigenvalue weighted by molar-refractivity contribution is 0.0944. The van der Waals surface area contributed by atoms with E-state index < -0.39 is 19.1 Å². The lowest BCUT2D eigenvalue weighted by Crippen LogP contribution is -2.48. The van der Waals surface area contributed by atoms with Gasteiger partial charge in [-0.15, -0.1) is 0 Å². The fraction of sp³-hybridized carbons (Fsp3) is 0.571. The van der Waals surface area contributed by atoms with Crippen LogP contribution in [0.5, 0.6) is 5.75 Å². The van der Waals surface area contributed by atoms with Crippen molar-refractivity contribution in [2.75, 3.05) is 12.5 Å². The molecular formula is C14H21BrClNO5S2. The van der Waals surface area contributed by atoms with Gasteiger partial charge in [-0.05, 0) is 37.1 Å². The quantitative estimate of drug-likeness (QED) is 0.695. The van der Waals surface area contributed by atoms with Gasteiger partial charge in [0.05, 0.1) is 12.5 Å². The van der Waals surface area contributed by atoms with Gasteiger partial charge in [0, 0.05) is 34.0 Å². The highest BCUT2D eigenvalue weighted by molar-refractivity contribution is 9.10. The molecule has 1 aromatic rings. The van der Waals surface area contributed by atoms with Gasteiger partial charge in [0.25, 0.3) is 0 Å². The molecule has 1 aliphatic rings. The van der Waals surface area contributed by atoms with Gasteiger partial charge in [-0.25, -0.2) is 21.6 Å². The van der Waals surface area contributed by atoms with E-state index in [2.05, 4.69) is 31.3 Å². The van der Waals surface area contributed by atoms with Crippen LogP contribution < -0.4 is 9.46 Å². The summed E-state index contributed by atoms with van der Waals surface area (Å²) in [5.41, 5.74) is 2.28. The molecule has 0 saturated heterocycles. The molecule has 0 bridgehead atoms. The smallest absolute Gasteiger partial charge is 0.229 e. The van der Waals surface area contributed by atoms with Gasteiger partial charge in [-0.2, -0.15) is 0 Å². The maximum absolute atomic E-state index is 11.1. The predicted octanol–water partition coefficient (Wildman–Crippen LogP) is 2.71. The Morgan fingerprint density at radius 3 is 1.92 bits per heavy atom. The molecular weight excluding hydrogens is 442 g/mol. The summed E-state index contributed by atoms with van der Waals surface area (Å²) in [4.78, 5) is 0. The summed E-state index contributed by atoms with van der Waals surface area (Å²) in [5.74, 6) is 0.848. The van der Waals surface area contributed by atoms with Crippen molar-refractivity contribution >= 4 is 45.7 Å². The lowest BCUT2D eigenvalue weighted by atomic mass is 9.90. The number of rotatable bonds is 4. The number of aryl methyl sites for hydroxylation is 2. The highest BCUT2D eigenvalue weighted by atomic mass is 79.9. The van der Waals surface area contributed by atoms with E-state index in [1.807, 2.05) is 26.0 Å². The van der Waals surface area contributed by atoms with Crippen LogP contribution in [-0.4, -0.2) is 41.5 Å². The van der Waals surface area contributed by atoms with Crippen LogP contribution >= 0.6 is 26.6 Å². The van der Waals surface area contributed by atoms with Crippen molar-refractivity contribution in [2.45, 2.75) is 38.8 Å². The Labute approximate surface area is 156 Å². The second kappa shape index (κ2) is 8.35. The van der Waals surface area contributed by atoms with Gasteiger partial charge < -0.3 is 4.74 Å². The van der Waals surface area contributed by atoms with E-state index in [1.165, 1.54) is 6.26 Å². The Hall–Kier alpha value is -0.350. The molecule has 1 aromatic carbocycles. The van der Waals surface area contributed by atoms with Crippen molar-refractivity contribution in [3.8, 4) is 5.75 Å². The van der Waals surface area contributed by atoms with Gasteiger partial charge in [-0.1, -0.05) is 15.9 Å². The Kier molecular flexibility index (Phi) is 7.55. The molecule has 0 aromatic heterocycles. The van der Waals surface area contributed by atoms with Crippen LogP contribution in [-0.2, 0) is 19.1 Å². The zero-order valence-electron chi connectivity index (χ0n) is 13.8. The SMILES string of the molecule is CS(=O)(=O)Cl.Cc1cc(OC2CC(NS(C)(=O)=O)C2)cc(C)c1Br. The first kappa shape index (κ1) is 21.7. The number of halogens is 2. The number of benzene rings is 1. The second-order valence-corrected chi connectivity index (χ2v) is 11.5. The summed E-state index contributed by atoms with van der Waals surface area (Å²) in [6, 6.07) is 4.00. The third kappa shape index (κ3) is 8.66. The van der Waals surface area contributed by atoms with E-state index in [4.69, 9.17) is 4.74 Å². The molecule has 1 aliphatic carbocycles. The fourth-order valence-corrected chi connectivity index (χ4v) is 3.25. The minimum Gasteiger partial charge on any atom is -0.490 e. The van der Waals surface area contributed by atoms with E-state index in [0.29, 0.717) is 0 Å². The first-order chi connectivity index (χ1) is 10.7. The zero-order valence-corrected chi connectivity index (χ0v) is 17.8. The van der Waals surface area contributed by atoms with Gasteiger partial charge >= 0.3 is 0 Å². The van der Waals surface area contributed by atoms with Crippen molar-refractivity contribution in [1.29, 1.82) is 0 Å². The number of hydrogen-bond acceptors (Lipinski definition) is 5. The number of nitrogens with one attached hydrogen (secondary N) is 1. The fourth-order valence-electron chi connectivity index (χ4n) is 2.23. The first-order valence-electron chi connectivity index (χ1n) is 7.05. The summed E-state index contributed by atoms with van der Waals surface area (Å²) in [5, 5.41) is 0. The highest BCUT2D eigenvalue weighted by Crippen LogP contribution is 2.30. The van der Waals surface area contributed by atoms with Gasteiger partial charge in [-0.3, -0.25) is 0 Å². The van der Waals surface area contributed by atoms with Crippen molar-refractivity contribution < 1.29 is 21.6 Å². The van der Waals surface area contributed by atoms with Gasteiger partial charge in [0.1, 0.15) is 11.9 Å². The molecule has 24 heavy (non-hydrogen) atoms. The molecule has 6 nitrogen and oxygen atoms in total. The van der Waals surface area contributed by atoms with E-state index in [1.54, 1.807) is 0 Å². The largest absolute Gasteiger partial charge is 0.490 e. The van der Waals surface area contributed by atoms with E-state index in [0.717, 1.165) is 40.4 Å². The molecule has 1 saturated carbocycles. The lowest BCUT2D eigenvalue weighted by Gasteiger charge is -2.35. The molecule has 0 spiro atoms. The average Bonchev–Trinajstić information content (AvgIpc) is 2.29. The highest BCUT2D eigenvalue weighted by Gasteiger charge is 2.32. The number of hydrogen-bond donors (Lipinski definition) is 1. The summed E-state index contributed by atoms with van der Waals surface area (Å²) >= 11 is 3.52. The van der Waals surface area contributed by atoms with Crippen LogP contribution in [0, 0.1) is 13.8 Å². The standard InChI is InChI=1S/C13H18BrNO3S.CH3ClO2S/c1-8-4-11(5-9(2)13(8)14)18-12-6-10(7-12)15-19(3,16)17;1-5(2,3)4/h4-5,10,12,15H,6-7H2,1-3H3;1H3. The summed E-state index contributed by atoms with van der Waals surface area (Å²) in [6.07, 6.45) is 3.65. The van der Waals surface area contributed by atoms with Crippen molar-refractivity contribution in [3.63, 3.8) is 0 Å². The van der Waals surface area contributed by atoms with E-state index in [9.17, 15) is 16.8 Å². The van der Waals surface area contributed by atoms with Crippen LogP contribution in [0.25, 0.3) is 0 Å². The van der Waals surface area contributed by atoms with Crippen molar-refractivity contribution in [2.24, 2.45) is 0 Å². The molecule has 10 heteroatoms. The van der Waals surface area contributed by atoms with Crippen LogP contribution in [0.2, 0.25) is 0 Å². The third-order valence-corrected chi connectivity index (χ3v) is 5.20. The van der Waals surface area contributed by atoms with Crippen LogP contribution in [0.3, 0.4) is 0 Å². The normalized spacial score (nSPS) is 20.6.